The number of rotatable bonds is 4. The van der Waals surface area contributed by atoms with Crippen LogP contribution in [0, 0.1) is 0 Å². The maximum Gasteiger partial charge on any atom is 0.408 e. The van der Waals surface area contributed by atoms with E-state index in [-0.39, 0.29) is 12.4 Å². The van der Waals surface area contributed by atoms with E-state index in [1.54, 1.807) is 0 Å². The van der Waals surface area contributed by atoms with Gasteiger partial charge in [0, 0.05) is 12.3 Å². The second kappa shape index (κ2) is 4.86. The standard InChI is InChI=1S/C8H10F3N3O2/c1-16-7(15)4-12-6-2-3-14(13-6)5-8(9,10)11/h2-3H,4-5H2,1H3,(H,12,13). The topological polar surface area (TPSA) is 56.1 Å². The molecule has 0 unspecified atom stereocenters. The van der Waals surface area contributed by atoms with Gasteiger partial charge in [0.05, 0.1) is 7.11 Å². The number of nitrogens with one attached hydrogen (secondary N) is 1. The highest BCUT2D eigenvalue weighted by Crippen LogP contribution is 2.17. The van der Waals surface area contributed by atoms with E-state index in [0.717, 1.165) is 4.68 Å². The van der Waals surface area contributed by atoms with Crippen LogP contribution < -0.4 is 5.32 Å². The summed E-state index contributed by atoms with van der Waals surface area (Å²) in [5, 5.41) is 6.11. The van der Waals surface area contributed by atoms with Crippen molar-refractivity contribution in [2.24, 2.45) is 0 Å². The molecule has 1 aromatic rings. The maximum absolute atomic E-state index is 12.0. The number of aromatic nitrogens is 2. The van der Waals surface area contributed by atoms with Crippen LogP contribution in [0.25, 0.3) is 0 Å². The van der Waals surface area contributed by atoms with Crippen LogP contribution in [0.1, 0.15) is 0 Å². The van der Waals surface area contributed by atoms with Crippen LogP contribution in [-0.2, 0) is 16.1 Å². The van der Waals surface area contributed by atoms with Crippen molar-refractivity contribution in [3.8, 4) is 0 Å². The summed E-state index contributed by atoms with van der Waals surface area (Å²) < 4.78 is 41.0. The van der Waals surface area contributed by atoms with Crippen molar-refractivity contribution in [2.45, 2.75) is 12.7 Å². The van der Waals surface area contributed by atoms with Crippen molar-refractivity contribution in [1.82, 2.24) is 9.78 Å². The zero-order valence-corrected chi connectivity index (χ0v) is 8.41. The number of esters is 1. The number of carbonyl (C=O) groups is 1. The molecule has 0 aliphatic heterocycles. The van der Waals surface area contributed by atoms with Gasteiger partial charge in [0.1, 0.15) is 18.9 Å². The van der Waals surface area contributed by atoms with Gasteiger partial charge in [-0.1, -0.05) is 0 Å². The van der Waals surface area contributed by atoms with Crippen LogP contribution in [0.5, 0.6) is 0 Å². The van der Waals surface area contributed by atoms with Gasteiger partial charge in [-0.2, -0.15) is 18.3 Å². The number of hydrogen-bond acceptors (Lipinski definition) is 4. The van der Waals surface area contributed by atoms with E-state index in [0.29, 0.717) is 0 Å². The molecule has 5 nitrogen and oxygen atoms in total. The minimum atomic E-state index is -4.31. The molecule has 0 bridgehead atoms. The van der Waals surface area contributed by atoms with Gasteiger partial charge >= 0.3 is 12.1 Å². The fourth-order valence-corrected chi connectivity index (χ4v) is 0.963. The number of anilines is 1. The summed E-state index contributed by atoms with van der Waals surface area (Å²) >= 11 is 0. The fourth-order valence-electron chi connectivity index (χ4n) is 0.963. The number of methoxy groups -OCH3 is 1. The fraction of sp³-hybridized carbons (Fsp3) is 0.500. The molecule has 1 heterocycles. The molecule has 8 heteroatoms. The van der Waals surface area contributed by atoms with Crippen LogP contribution >= 0.6 is 0 Å². The zero-order valence-electron chi connectivity index (χ0n) is 8.41. The zero-order chi connectivity index (χ0) is 12.2. The molecular formula is C8H10F3N3O2. The minimum absolute atomic E-state index is 0.139. The SMILES string of the molecule is COC(=O)CNc1ccn(CC(F)(F)F)n1. The molecule has 0 aliphatic carbocycles. The van der Waals surface area contributed by atoms with Crippen LogP contribution in [-0.4, -0.2) is 35.6 Å². The normalized spacial score (nSPS) is 11.2. The Hall–Kier alpha value is -1.73. The molecule has 0 spiro atoms. The number of ether oxygens (including phenoxy) is 1. The second-order valence-electron chi connectivity index (χ2n) is 2.94. The van der Waals surface area contributed by atoms with Crippen molar-refractivity contribution in [2.75, 3.05) is 19.0 Å². The first-order valence-corrected chi connectivity index (χ1v) is 4.31. The van der Waals surface area contributed by atoms with Crippen molar-refractivity contribution in [3.63, 3.8) is 0 Å². The quantitative estimate of drug-likeness (QED) is 0.794. The highest BCUT2D eigenvalue weighted by atomic mass is 19.4. The molecule has 0 fully saturated rings. The van der Waals surface area contributed by atoms with Gasteiger partial charge in [-0.25, -0.2) is 0 Å². The number of carbonyl (C=O) groups excluding carboxylic acids is 1. The average Bonchev–Trinajstić information content (AvgIpc) is 2.59. The van der Waals surface area contributed by atoms with E-state index >= 15 is 0 Å². The van der Waals surface area contributed by atoms with E-state index < -0.39 is 18.7 Å². The molecule has 0 aromatic carbocycles. The third-order valence-electron chi connectivity index (χ3n) is 1.62. The third kappa shape index (κ3) is 4.20. The third-order valence-corrected chi connectivity index (χ3v) is 1.62. The van der Waals surface area contributed by atoms with Crippen LogP contribution in [0.15, 0.2) is 12.3 Å². The van der Waals surface area contributed by atoms with E-state index in [1.807, 2.05) is 0 Å². The molecule has 16 heavy (non-hydrogen) atoms. The van der Waals surface area contributed by atoms with E-state index in [4.69, 9.17) is 0 Å². The Kier molecular flexibility index (Phi) is 3.75. The summed E-state index contributed by atoms with van der Waals surface area (Å²) in [5.74, 6) is -0.333. The van der Waals surface area contributed by atoms with E-state index in [1.165, 1.54) is 19.4 Å². The maximum atomic E-state index is 12.0. The number of hydrogen-bond donors (Lipinski definition) is 1. The summed E-state index contributed by atoms with van der Waals surface area (Å²) in [6.07, 6.45) is -3.14. The first kappa shape index (κ1) is 12.3. The lowest BCUT2D eigenvalue weighted by molar-refractivity contribution is -0.142. The van der Waals surface area contributed by atoms with Gasteiger partial charge in [0.15, 0.2) is 0 Å². The molecule has 1 N–H and O–H groups in total. The monoisotopic (exact) mass is 237 g/mol. The van der Waals surface area contributed by atoms with Gasteiger partial charge in [-0.05, 0) is 0 Å². The second-order valence-corrected chi connectivity index (χ2v) is 2.94. The molecule has 1 aromatic heterocycles. The molecule has 0 amide bonds. The van der Waals surface area contributed by atoms with Gasteiger partial charge in [0.25, 0.3) is 0 Å². The highest BCUT2D eigenvalue weighted by molar-refractivity contribution is 5.74. The van der Waals surface area contributed by atoms with E-state index in [9.17, 15) is 18.0 Å². The summed E-state index contributed by atoms with van der Waals surface area (Å²) in [6, 6.07) is 1.34. The summed E-state index contributed by atoms with van der Waals surface area (Å²) in [6.45, 7) is -1.30. The van der Waals surface area contributed by atoms with Crippen molar-refractivity contribution >= 4 is 11.8 Å². The molecule has 90 valence electrons. The first-order chi connectivity index (χ1) is 7.40. The summed E-state index contributed by atoms with van der Waals surface area (Å²) in [7, 11) is 1.21. The highest BCUT2D eigenvalue weighted by Gasteiger charge is 2.28. The molecule has 0 aliphatic rings. The van der Waals surface area contributed by atoms with Gasteiger partial charge in [-0.3, -0.25) is 9.48 Å². The number of nitrogens with zero attached hydrogens (tertiary/aromatic N) is 2. The Morgan fingerprint density at radius 2 is 2.31 bits per heavy atom. The Balaban J connectivity index is 2.49. The van der Waals surface area contributed by atoms with Gasteiger partial charge in [0.2, 0.25) is 0 Å². The number of alkyl halides is 3. The molecule has 0 saturated carbocycles. The Morgan fingerprint density at radius 3 is 2.88 bits per heavy atom. The number of halogens is 3. The smallest absolute Gasteiger partial charge is 0.408 e. The lowest BCUT2D eigenvalue weighted by Gasteiger charge is -2.05. The lowest BCUT2D eigenvalue weighted by atomic mass is 10.6. The molecular weight excluding hydrogens is 227 g/mol. The van der Waals surface area contributed by atoms with Crippen molar-refractivity contribution in [1.29, 1.82) is 0 Å². The van der Waals surface area contributed by atoms with Crippen LogP contribution in [0.2, 0.25) is 0 Å². The molecule has 0 radical (unpaired) electrons. The summed E-state index contributed by atoms with van der Waals surface area (Å²) in [5.41, 5.74) is 0. The first-order valence-electron chi connectivity index (χ1n) is 4.31. The predicted octanol–water partition coefficient (Wildman–Crippen LogP) is 1.03. The van der Waals surface area contributed by atoms with Crippen molar-refractivity contribution in [3.05, 3.63) is 12.3 Å². The largest absolute Gasteiger partial charge is 0.468 e. The molecule has 0 saturated heterocycles. The summed E-state index contributed by atoms with van der Waals surface area (Å²) in [4.78, 5) is 10.7. The Labute approximate surface area is 89.2 Å². The predicted molar refractivity (Wildman–Crippen MR) is 48.8 cm³/mol. The van der Waals surface area contributed by atoms with Gasteiger partial charge in [-0.15, -0.1) is 0 Å². The van der Waals surface area contributed by atoms with Crippen LogP contribution in [0.4, 0.5) is 19.0 Å². The minimum Gasteiger partial charge on any atom is -0.468 e. The Morgan fingerprint density at radius 1 is 1.62 bits per heavy atom. The Bertz CT molecular complexity index is 362. The van der Waals surface area contributed by atoms with E-state index in [2.05, 4.69) is 15.2 Å². The lowest BCUT2D eigenvalue weighted by Crippen LogP contribution is -2.19. The average molecular weight is 237 g/mol. The molecule has 0 atom stereocenters. The molecule has 1 rings (SSSR count). The van der Waals surface area contributed by atoms with Crippen molar-refractivity contribution < 1.29 is 22.7 Å². The van der Waals surface area contributed by atoms with Gasteiger partial charge < -0.3 is 10.1 Å². The van der Waals surface area contributed by atoms with Crippen LogP contribution in [0.3, 0.4) is 0 Å².